The van der Waals surface area contributed by atoms with Crippen LogP contribution < -0.4 is 15.4 Å². The average molecular weight is 381 g/mol. The lowest BCUT2D eigenvalue weighted by Gasteiger charge is -2.15. The smallest absolute Gasteiger partial charge is 0.326 e. The van der Waals surface area contributed by atoms with Gasteiger partial charge in [0.2, 0.25) is 0 Å². The van der Waals surface area contributed by atoms with Gasteiger partial charge in [0.05, 0.1) is 6.54 Å². The van der Waals surface area contributed by atoms with Crippen LogP contribution in [0.4, 0.5) is 4.79 Å². The van der Waals surface area contributed by atoms with Crippen molar-refractivity contribution in [3.05, 3.63) is 65.9 Å². The molecule has 0 aliphatic heterocycles. The molecule has 0 fully saturated rings. The van der Waals surface area contributed by atoms with E-state index in [0.29, 0.717) is 0 Å². The zero-order valence-electron chi connectivity index (χ0n) is 15.6. The van der Waals surface area contributed by atoms with E-state index in [1.807, 2.05) is 55.5 Å². The molecular weight excluding hydrogens is 358 g/mol. The fourth-order valence-electron chi connectivity index (χ4n) is 2.90. The van der Waals surface area contributed by atoms with Gasteiger partial charge < -0.3 is 25.5 Å². The second kappa shape index (κ2) is 8.94. The van der Waals surface area contributed by atoms with Gasteiger partial charge in [-0.05, 0) is 30.7 Å². The summed E-state index contributed by atoms with van der Waals surface area (Å²) in [4.78, 5) is 26.7. The molecule has 146 valence electrons. The molecule has 3 aromatic rings. The highest BCUT2D eigenvalue weighted by molar-refractivity contribution is 5.86. The van der Waals surface area contributed by atoms with Crippen LogP contribution in [0, 0.1) is 6.92 Å². The number of carbonyl (C=O) groups is 2. The molecule has 0 saturated carbocycles. The first-order valence-electron chi connectivity index (χ1n) is 9.04. The van der Waals surface area contributed by atoms with Crippen LogP contribution in [0.1, 0.15) is 11.1 Å². The molecule has 0 aliphatic carbocycles. The number of rotatable bonds is 8. The summed E-state index contributed by atoms with van der Waals surface area (Å²) < 4.78 is 5.53. The number of fused-ring (bicyclic) bond motifs is 1. The number of amides is 2. The zero-order valence-corrected chi connectivity index (χ0v) is 15.6. The Morgan fingerprint density at radius 3 is 2.64 bits per heavy atom. The van der Waals surface area contributed by atoms with Gasteiger partial charge in [0.25, 0.3) is 0 Å². The number of aromatic amines is 1. The summed E-state index contributed by atoms with van der Waals surface area (Å²) in [5.41, 5.74) is 2.91. The van der Waals surface area contributed by atoms with Crippen molar-refractivity contribution in [1.82, 2.24) is 15.6 Å². The van der Waals surface area contributed by atoms with E-state index in [4.69, 9.17) is 4.74 Å². The highest BCUT2D eigenvalue weighted by Crippen LogP contribution is 2.19. The van der Waals surface area contributed by atoms with Crippen LogP contribution in [0.5, 0.6) is 5.75 Å². The predicted octanol–water partition coefficient (Wildman–Crippen LogP) is 2.85. The molecule has 2 amide bonds. The molecule has 1 aromatic heterocycles. The molecule has 28 heavy (non-hydrogen) atoms. The molecule has 3 rings (SSSR count). The highest BCUT2D eigenvalue weighted by Gasteiger charge is 2.21. The number of carbonyl (C=O) groups excluding carboxylic acids is 1. The summed E-state index contributed by atoms with van der Waals surface area (Å²) >= 11 is 0. The van der Waals surface area contributed by atoms with E-state index < -0.39 is 18.0 Å². The molecule has 0 spiro atoms. The Bertz CT molecular complexity index is 950. The molecule has 0 unspecified atom stereocenters. The van der Waals surface area contributed by atoms with Crippen molar-refractivity contribution < 1.29 is 19.4 Å². The molecule has 1 heterocycles. The summed E-state index contributed by atoms with van der Waals surface area (Å²) in [6, 6.07) is 13.7. The van der Waals surface area contributed by atoms with Crippen molar-refractivity contribution >= 4 is 22.9 Å². The Morgan fingerprint density at radius 1 is 1.14 bits per heavy atom. The number of urea groups is 1. The van der Waals surface area contributed by atoms with E-state index in [1.165, 1.54) is 0 Å². The number of carboxylic acids is 1. The second-order valence-electron chi connectivity index (χ2n) is 6.52. The van der Waals surface area contributed by atoms with Gasteiger partial charge in [0, 0.05) is 23.5 Å². The quantitative estimate of drug-likeness (QED) is 0.451. The number of hydrogen-bond acceptors (Lipinski definition) is 3. The number of H-pyrrole nitrogens is 1. The molecule has 7 heteroatoms. The lowest BCUT2D eigenvalue weighted by atomic mass is 10.1. The predicted molar refractivity (Wildman–Crippen MR) is 107 cm³/mol. The third kappa shape index (κ3) is 5.03. The Balaban J connectivity index is 1.49. The van der Waals surface area contributed by atoms with E-state index in [0.717, 1.165) is 27.8 Å². The van der Waals surface area contributed by atoms with Gasteiger partial charge in [-0.1, -0.05) is 35.9 Å². The zero-order chi connectivity index (χ0) is 19.9. The SMILES string of the molecule is Cc1ccc(OCCNC(=O)N[C@H](Cc2c[nH]c3ccccc23)C(=O)O)cc1. The standard InChI is InChI=1S/C21H23N3O4/c1-14-6-8-16(9-7-14)28-11-10-22-21(27)24-19(20(25)26)12-15-13-23-18-5-3-2-4-17(15)18/h2-9,13,19,23H,10-12H2,1H3,(H,25,26)(H2,22,24,27)/t19-/m1/s1. The number of para-hydroxylation sites is 1. The highest BCUT2D eigenvalue weighted by atomic mass is 16.5. The Kier molecular flexibility index (Phi) is 6.16. The maximum absolute atomic E-state index is 12.1. The monoisotopic (exact) mass is 381 g/mol. The van der Waals surface area contributed by atoms with E-state index in [-0.39, 0.29) is 19.6 Å². The van der Waals surface area contributed by atoms with Crippen LogP contribution in [0.3, 0.4) is 0 Å². The Morgan fingerprint density at radius 2 is 1.89 bits per heavy atom. The van der Waals surface area contributed by atoms with Crippen LogP contribution in [0.25, 0.3) is 10.9 Å². The lowest BCUT2D eigenvalue weighted by molar-refractivity contribution is -0.139. The lowest BCUT2D eigenvalue weighted by Crippen LogP contribution is -2.47. The molecule has 0 aliphatic rings. The summed E-state index contributed by atoms with van der Waals surface area (Å²) in [6.07, 6.45) is 1.96. The minimum Gasteiger partial charge on any atom is -0.492 e. The summed E-state index contributed by atoms with van der Waals surface area (Å²) in [6.45, 7) is 2.54. The first-order valence-corrected chi connectivity index (χ1v) is 9.04. The van der Waals surface area contributed by atoms with Crippen molar-refractivity contribution in [2.24, 2.45) is 0 Å². The number of aromatic nitrogens is 1. The van der Waals surface area contributed by atoms with Gasteiger partial charge in [0.1, 0.15) is 18.4 Å². The second-order valence-corrected chi connectivity index (χ2v) is 6.52. The number of nitrogens with one attached hydrogen (secondary N) is 3. The number of hydrogen-bond donors (Lipinski definition) is 4. The third-order valence-electron chi connectivity index (χ3n) is 4.38. The van der Waals surface area contributed by atoms with Crippen molar-refractivity contribution in [3.8, 4) is 5.75 Å². The minimum atomic E-state index is -1.09. The Hall–Kier alpha value is -3.48. The molecule has 2 aromatic carbocycles. The summed E-state index contributed by atoms with van der Waals surface area (Å²) in [5, 5.41) is 15.5. The largest absolute Gasteiger partial charge is 0.492 e. The third-order valence-corrected chi connectivity index (χ3v) is 4.38. The van der Waals surface area contributed by atoms with Crippen LogP contribution in [-0.4, -0.2) is 41.3 Å². The molecule has 0 bridgehead atoms. The number of carboxylic acid groups (broad SMARTS) is 1. The average Bonchev–Trinajstić information content (AvgIpc) is 3.09. The van der Waals surface area contributed by atoms with Crippen LogP contribution in [0.15, 0.2) is 54.7 Å². The molecule has 0 radical (unpaired) electrons. The fourth-order valence-corrected chi connectivity index (χ4v) is 2.90. The number of benzene rings is 2. The van der Waals surface area contributed by atoms with Crippen LogP contribution >= 0.6 is 0 Å². The van der Waals surface area contributed by atoms with Crippen LogP contribution in [0.2, 0.25) is 0 Å². The summed E-state index contributed by atoms with van der Waals surface area (Å²) in [7, 11) is 0. The number of ether oxygens (including phenoxy) is 1. The van der Waals surface area contributed by atoms with E-state index in [2.05, 4.69) is 15.6 Å². The Labute approximate surface area is 162 Å². The van der Waals surface area contributed by atoms with Gasteiger partial charge in [-0.25, -0.2) is 9.59 Å². The van der Waals surface area contributed by atoms with Crippen LogP contribution in [-0.2, 0) is 11.2 Å². The maximum Gasteiger partial charge on any atom is 0.326 e. The van der Waals surface area contributed by atoms with Gasteiger partial charge in [0.15, 0.2) is 0 Å². The van der Waals surface area contributed by atoms with Gasteiger partial charge in [-0.15, -0.1) is 0 Å². The molecule has 0 saturated heterocycles. The van der Waals surface area contributed by atoms with Crippen molar-refractivity contribution in [2.45, 2.75) is 19.4 Å². The first kappa shape index (κ1) is 19.3. The first-order chi connectivity index (χ1) is 13.5. The molecule has 4 N–H and O–H groups in total. The summed E-state index contributed by atoms with van der Waals surface area (Å²) in [5.74, 6) is -0.369. The maximum atomic E-state index is 12.1. The topological polar surface area (TPSA) is 103 Å². The van der Waals surface area contributed by atoms with Crippen molar-refractivity contribution in [2.75, 3.05) is 13.2 Å². The van der Waals surface area contributed by atoms with E-state index in [1.54, 1.807) is 6.20 Å². The van der Waals surface area contributed by atoms with Gasteiger partial charge >= 0.3 is 12.0 Å². The van der Waals surface area contributed by atoms with Crippen molar-refractivity contribution in [1.29, 1.82) is 0 Å². The molecule has 1 atom stereocenters. The van der Waals surface area contributed by atoms with Gasteiger partial charge in [-0.2, -0.15) is 0 Å². The van der Waals surface area contributed by atoms with Crippen molar-refractivity contribution in [3.63, 3.8) is 0 Å². The number of aliphatic carboxylic acids is 1. The minimum absolute atomic E-state index is 0.187. The van der Waals surface area contributed by atoms with Gasteiger partial charge in [-0.3, -0.25) is 0 Å². The fraction of sp³-hybridized carbons (Fsp3) is 0.238. The normalized spacial score (nSPS) is 11.8. The van der Waals surface area contributed by atoms with E-state index in [9.17, 15) is 14.7 Å². The number of aryl methyl sites for hydroxylation is 1. The molecule has 7 nitrogen and oxygen atoms in total. The molecular formula is C21H23N3O4. The van der Waals surface area contributed by atoms with E-state index >= 15 is 0 Å².